The van der Waals surface area contributed by atoms with Crippen LogP contribution in [0.5, 0.6) is 11.5 Å². The second kappa shape index (κ2) is 7.37. The fourth-order valence-corrected chi connectivity index (χ4v) is 2.38. The summed E-state index contributed by atoms with van der Waals surface area (Å²) in [7, 11) is -0.421. The van der Waals surface area contributed by atoms with Crippen molar-refractivity contribution in [3.8, 4) is 11.5 Å². The van der Waals surface area contributed by atoms with Gasteiger partial charge >= 0.3 is 0 Å². The first-order valence-corrected chi connectivity index (χ1v) is 7.53. The number of alkyl halides is 1. The van der Waals surface area contributed by atoms with Gasteiger partial charge in [0.05, 0.1) is 14.2 Å². The van der Waals surface area contributed by atoms with Crippen molar-refractivity contribution in [2.75, 3.05) is 20.1 Å². The molecule has 1 aromatic rings. The fraction of sp³-hybridized carbons (Fsp3) is 0.333. The maximum Gasteiger partial charge on any atom is 0.233 e. The van der Waals surface area contributed by atoms with Crippen LogP contribution in [0.4, 0.5) is 0 Å². The summed E-state index contributed by atoms with van der Waals surface area (Å²) in [6.45, 7) is 0.127. The number of benzene rings is 1. The average Bonchev–Trinajstić information content (AvgIpc) is 2.42. The second-order valence-corrected chi connectivity index (χ2v) is 5.53. The highest BCUT2D eigenvalue weighted by molar-refractivity contribution is 7.92. The van der Waals surface area contributed by atoms with Crippen LogP contribution in [-0.2, 0) is 16.6 Å². The van der Waals surface area contributed by atoms with E-state index in [1.165, 1.54) is 13.2 Å². The van der Waals surface area contributed by atoms with E-state index in [0.29, 0.717) is 17.1 Å². The van der Waals surface area contributed by atoms with Gasteiger partial charge in [-0.1, -0.05) is 12.1 Å². The number of hydrogen-bond donors (Lipinski definition) is 1. The minimum Gasteiger partial charge on any atom is -0.497 e. The van der Waals surface area contributed by atoms with E-state index in [4.69, 9.17) is 21.1 Å². The summed E-state index contributed by atoms with van der Waals surface area (Å²) in [6.07, 6.45) is 1.36. The van der Waals surface area contributed by atoms with Gasteiger partial charge in [0.15, 0.2) is 0 Å². The summed E-state index contributed by atoms with van der Waals surface area (Å²) in [5, 5.41) is 1.04. The largest absolute Gasteiger partial charge is 0.497 e. The highest BCUT2D eigenvalue weighted by atomic mass is 35.5. The molecule has 0 amide bonds. The Morgan fingerprint density at radius 2 is 2.05 bits per heavy atom. The average molecular weight is 306 g/mol. The van der Waals surface area contributed by atoms with Crippen molar-refractivity contribution in [1.29, 1.82) is 0 Å². The van der Waals surface area contributed by atoms with E-state index >= 15 is 0 Å². The minimum atomic E-state index is -3.48. The Bertz CT molecular complexity index is 543. The van der Waals surface area contributed by atoms with E-state index in [0.717, 1.165) is 5.41 Å². The summed E-state index contributed by atoms with van der Waals surface area (Å²) in [5.41, 5.74) is 0.714. The molecule has 1 rings (SSSR count). The molecule has 0 saturated heterocycles. The van der Waals surface area contributed by atoms with Crippen LogP contribution >= 0.6 is 11.6 Å². The van der Waals surface area contributed by atoms with Crippen LogP contribution in [0.1, 0.15) is 5.56 Å². The first kappa shape index (κ1) is 15.8. The molecule has 7 heteroatoms. The van der Waals surface area contributed by atoms with Crippen LogP contribution < -0.4 is 14.2 Å². The second-order valence-electron chi connectivity index (χ2n) is 3.57. The third kappa shape index (κ3) is 5.10. The lowest BCUT2D eigenvalue weighted by molar-refractivity contribution is 0.390. The quantitative estimate of drug-likeness (QED) is 0.781. The molecule has 0 spiro atoms. The minimum absolute atomic E-state index is 0.127. The number of ether oxygens (including phenoxy) is 2. The highest BCUT2D eigenvalue weighted by Gasteiger charge is 2.09. The molecule has 0 heterocycles. The topological polar surface area (TPSA) is 64.6 Å². The van der Waals surface area contributed by atoms with Crippen LogP contribution in [0, 0.1) is 0 Å². The van der Waals surface area contributed by atoms with Crippen molar-refractivity contribution in [2.24, 2.45) is 0 Å². The molecule has 0 fully saturated rings. The predicted octanol–water partition coefficient (Wildman–Crippen LogP) is 1.88. The molecule has 0 atom stereocenters. The summed E-state index contributed by atoms with van der Waals surface area (Å²) >= 11 is 5.39. The molecule has 1 aromatic carbocycles. The Kier molecular flexibility index (Phi) is 6.14. The molecule has 0 aliphatic heterocycles. The summed E-state index contributed by atoms with van der Waals surface area (Å²) in [4.78, 5) is 0. The van der Waals surface area contributed by atoms with Crippen molar-refractivity contribution in [2.45, 2.75) is 6.54 Å². The molecule has 0 unspecified atom stereocenters. The van der Waals surface area contributed by atoms with Gasteiger partial charge in [0.25, 0.3) is 0 Å². The number of sulfonamides is 1. The van der Waals surface area contributed by atoms with Gasteiger partial charge in [-0.3, -0.25) is 0 Å². The van der Waals surface area contributed by atoms with Crippen molar-refractivity contribution < 1.29 is 17.9 Å². The molecule has 1 N–H and O–H groups in total. The first-order chi connectivity index (χ1) is 9.02. The lowest BCUT2D eigenvalue weighted by Crippen LogP contribution is -2.21. The van der Waals surface area contributed by atoms with Crippen LogP contribution in [0.3, 0.4) is 0 Å². The van der Waals surface area contributed by atoms with Crippen molar-refractivity contribution >= 4 is 21.6 Å². The van der Waals surface area contributed by atoms with E-state index in [-0.39, 0.29) is 12.4 Å². The van der Waals surface area contributed by atoms with Crippen molar-refractivity contribution in [3.63, 3.8) is 0 Å². The van der Waals surface area contributed by atoms with E-state index in [2.05, 4.69) is 4.72 Å². The van der Waals surface area contributed by atoms with Gasteiger partial charge in [-0.25, -0.2) is 13.1 Å². The van der Waals surface area contributed by atoms with Crippen molar-refractivity contribution in [3.05, 3.63) is 35.2 Å². The van der Waals surface area contributed by atoms with Crippen molar-refractivity contribution in [1.82, 2.24) is 4.72 Å². The number of halogens is 1. The SMILES string of the molecule is COc1ccc(CNS(=O)(=O)/C=C/CCl)c(OC)c1. The van der Waals surface area contributed by atoms with E-state index in [1.807, 2.05) is 0 Å². The number of allylic oxidation sites excluding steroid dienone is 1. The molecule has 5 nitrogen and oxygen atoms in total. The van der Waals surface area contributed by atoms with E-state index in [9.17, 15) is 8.42 Å². The molecule has 0 aliphatic rings. The van der Waals surface area contributed by atoms with Gasteiger partial charge in [-0.05, 0) is 6.07 Å². The van der Waals surface area contributed by atoms with Crippen LogP contribution in [0.25, 0.3) is 0 Å². The third-order valence-electron chi connectivity index (χ3n) is 2.32. The van der Waals surface area contributed by atoms with Gasteiger partial charge in [-0.2, -0.15) is 0 Å². The standard InChI is InChI=1S/C12H16ClNO4S/c1-17-11-5-4-10(12(8-11)18-2)9-14-19(15,16)7-3-6-13/h3-5,7-8,14H,6,9H2,1-2H3/b7-3+. The Labute approximate surface area is 118 Å². The summed E-state index contributed by atoms with van der Waals surface area (Å²) in [6, 6.07) is 5.17. The summed E-state index contributed by atoms with van der Waals surface area (Å²) in [5.74, 6) is 1.35. The molecular weight excluding hydrogens is 290 g/mol. The molecule has 0 saturated carbocycles. The Morgan fingerprint density at radius 1 is 1.32 bits per heavy atom. The van der Waals surface area contributed by atoms with Gasteiger partial charge < -0.3 is 9.47 Å². The molecule has 0 bridgehead atoms. The highest BCUT2D eigenvalue weighted by Crippen LogP contribution is 2.24. The van der Waals surface area contributed by atoms with Crippen LogP contribution in [0.15, 0.2) is 29.7 Å². The molecule has 0 radical (unpaired) electrons. The number of hydrogen-bond acceptors (Lipinski definition) is 4. The maximum absolute atomic E-state index is 11.6. The Balaban J connectivity index is 2.80. The lowest BCUT2D eigenvalue weighted by Gasteiger charge is -2.10. The predicted molar refractivity (Wildman–Crippen MR) is 75.2 cm³/mol. The van der Waals surface area contributed by atoms with Gasteiger partial charge in [0, 0.05) is 29.5 Å². The number of methoxy groups -OCH3 is 2. The summed E-state index contributed by atoms with van der Waals surface area (Å²) < 4.78 is 35.8. The first-order valence-electron chi connectivity index (χ1n) is 5.45. The number of rotatable bonds is 7. The van der Waals surface area contributed by atoms with Gasteiger partial charge in [-0.15, -0.1) is 11.6 Å². The monoisotopic (exact) mass is 305 g/mol. The fourth-order valence-electron chi connectivity index (χ4n) is 1.39. The van der Waals surface area contributed by atoms with E-state index in [1.54, 1.807) is 25.3 Å². The zero-order valence-electron chi connectivity index (χ0n) is 10.7. The lowest BCUT2D eigenvalue weighted by atomic mass is 10.2. The molecular formula is C12H16ClNO4S. The smallest absolute Gasteiger partial charge is 0.233 e. The number of nitrogens with one attached hydrogen (secondary N) is 1. The Hall–Kier alpha value is -1.24. The molecule has 19 heavy (non-hydrogen) atoms. The zero-order chi connectivity index (χ0) is 14.3. The van der Waals surface area contributed by atoms with Crippen LogP contribution in [0.2, 0.25) is 0 Å². The van der Waals surface area contributed by atoms with Gasteiger partial charge in [0.2, 0.25) is 10.0 Å². The van der Waals surface area contributed by atoms with Gasteiger partial charge in [0.1, 0.15) is 11.5 Å². The maximum atomic E-state index is 11.6. The van der Waals surface area contributed by atoms with E-state index < -0.39 is 10.0 Å². The molecule has 0 aromatic heterocycles. The zero-order valence-corrected chi connectivity index (χ0v) is 12.3. The normalized spacial score (nSPS) is 11.7. The molecule has 0 aliphatic carbocycles. The third-order valence-corrected chi connectivity index (χ3v) is 3.60. The Morgan fingerprint density at radius 3 is 2.63 bits per heavy atom. The van der Waals surface area contributed by atoms with Crippen LogP contribution in [-0.4, -0.2) is 28.5 Å². The molecule has 106 valence electrons.